The summed E-state index contributed by atoms with van der Waals surface area (Å²) < 4.78 is 12.9. The van der Waals surface area contributed by atoms with Gasteiger partial charge in [-0.1, -0.05) is 19.4 Å². The molecular weight excluding hydrogens is 229 g/mol. The van der Waals surface area contributed by atoms with Crippen LogP contribution >= 0.6 is 12.4 Å². The van der Waals surface area contributed by atoms with Gasteiger partial charge in [0.05, 0.1) is 12.1 Å². The number of nitrogens with two attached hydrogens (primary N) is 1. The number of hydrogen-bond donors (Lipinski definition) is 2. The highest BCUT2D eigenvalue weighted by atomic mass is 35.5. The smallest absolute Gasteiger partial charge is 0.123 e. The average molecular weight is 248 g/mol. The molecule has 2 nitrogen and oxygen atoms in total. The number of aliphatic hydroxyl groups is 1. The third kappa shape index (κ3) is 3.74. The molecule has 0 aromatic heterocycles. The molecular formula is C12H19ClFNO. The SMILES string of the molecule is CCC[C@@H](O)[C@@H](N)c1ccc(F)cc1C.Cl. The van der Waals surface area contributed by atoms with Crippen LogP contribution in [0.5, 0.6) is 0 Å². The molecule has 0 bridgehead atoms. The van der Waals surface area contributed by atoms with Crippen LogP contribution in [0, 0.1) is 12.7 Å². The molecule has 0 heterocycles. The van der Waals surface area contributed by atoms with Crippen molar-refractivity contribution in [2.45, 2.75) is 38.8 Å². The summed E-state index contributed by atoms with van der Waals surface area (Å²) in [5.41, 5.74) is 7.51. The second kappa shape index (κ2) is 6.84. The van der Waals surface area contributed by atoms with E-state index in [4.69, 9.17) is 5.73 Å². The molecule has 0 saturated carbocycles. The fourth-order valence-electron chi connectivity index (χ4n) is 1.70. The first-order valence-electron chi connectivity index (χ1n) is 5.26. The lowest BCUT2D eigenvalue weighted by atomic mass is 9.95. The molecule has 2 atom stereocenters. The summed E-state index contributed by atoms with van der Waals surface area (Å²) in [4.78, 5) is 0. The fraction of sp³-hybridized carbons (Fsp3) is 0.500. The Bertz CT molecular complexity index is 333. The second-order valence-electron chi connectivity index (χ2n) is 3.88. The van der Waals surface area contributed by atoms with Crippen molar-refractivity contribution >= 4 is 12.4 Å². The predicted octanol–water partition coefficient (Wildman–Crippen LogP) is 2.72. The summed E-state index contributed by atoms with van der Waals surface area (Å²) in [6, 6.07) is 4.04. The molecule has 0 aliphatic carbocycles. The van der Waals surface area contributed by atoms with Crippen LogP contribution in [0.15, 0.2) is 18.2 Å². The van der Waals surface area contributed by atoms with Gasteiger partial charge in [0.1, 0.15) is 5.82 Å². The number of aliphatic hydroxyl groups excluding tert-OH is 1. The van der Waals surface area contributed by atoms with E-state index in [-0.39, 0.29) is 18.2 Å². The summed E-state index contributed by atoms with van der Waals surface area (Å²) in [6.07, 6.45) is 0.992. The topological polar surface area (TPSA) is 46.2 Å². The van der Waals surface area contributed by atoms with Crippen molar-refractivity contribution in [2.24, 2.45) is 5.73 Å². The molecule has 1 aromatic rings. The summed E-state index contributed by atoms with van der Waals surface area (Å²) in [6.45, 7) is 3.80. The monoisotopic (exact) mass is 247 g/mol. The minimum absolute atomic E-state index is 0. The molecule has 92 valence electrons. The van der Waals surface area contributed by atoms with E-state index in [2.05, 4.69) is 0 Å². The number of aryl methyl sites for hydroxylation is 1. The first-order chi connectivity index (χ1) is 7.06. The largest absolute Gasteiger partial charge is 0.391 e. The van der Waals surface area contributed by atoms with Crippen molar-refractivity contribution < 1.29 is 9.50 Å². The standard InChI is InChI=1S/C12H18FNO.ClH/c1-3-4-11(15)12(14)10-6-5-9(13)7-8(10)2;/h5-7,11-12,15H,3-4,14H2,1-2H3;1H/t11-,12+;/m1./s1. The fourth-order valence-corrected chi connectivity index (χ4v) is 1.70. The Morgan fingerprint density at radius 1 is 1.44 bits per heavy atom. The third-order valence-corrected chi connectivity index (χ3v) is 2.59. The highest BCUT2D eigenvalue weighted by molar-refractivity contribution is 5.85. The van der Waals surface area contributed by atoms with Gasteiger partial charge in [-0.3, -0.25) is 0 Å². The van der Waals surface area contributed by atoms with Gasteiger partial charge in [-0.2, -0.15) is 0 Å². The van der Waals surface area contributed by atoms with Gasteiger partial charge in [0.25, 0.3) is 0 Å². The van der Waals surface area contributed by atoms with Crippen LogP contribution in [-0.4, -0.2) is 11.2 Å². The molecule has 3 N–H and O–H groups in total. The van der Waals surface area contributed by atoms with Crippen molar-refractivity contribution in [3.05, 3.63) is 35.1 Å². The average Bonchev–Trinajstić information content (AvgIpc) is 2.17. The zero-order valence-corrected chi connectivity index (χ0v) is 10.4. The molecule has 4 heteroatoms. The van der Waals surface area contributed by atoms with Crippen molar-refractivity contribution in [2.75, 3.05) is 0 Å². The molecule has 0 amide bonds. The molecule has 0 saturated heterocycles. The van der Waals surface area contributed by atoms with E-state index in [1.807, 2.05) is 6.92 Å². The summed E-state index contributed by atoms with van der Waals surface area (Å²) >= 11 is 0. The lowest BCUT2D eigenvalue weighted by Crippen LogP contribution is -2.26. The van der Waals surface area contributed by atoms with E-state index in [9.17, 15) is 9.50 Å². The Labute approximate surface area is 102 Å². The number of hydrogen-bond acceptors (Lipinski definition) is 2. The van der Waals surface area contributed by atoms with E-state index in [1.54, 1.807) is 13.0 Å². The highest BCUT2D eigenvalue weighted by Gasteiger charge is 2.17. The molecule has 1 aromatic carbocycles. The molecule has 0 unspecified atom stereocenters. The maximum absolute atomic E-state index is 12.9. The van der Waals surface area contributed by atoms with Gasteiger partial charge in [-0.15, -0.1) is 12.4 Å². The van der Waals surface area contributed by atoms with Gasteiger partial charge >= 0.3 is 0 Å². The molecule has 0 aliphatic heterocycles. The number of rotatable bonds is 4. The second-order valence-corrected chi connectivity index (χ2v) is 3.88. The molecule has 0 radical (unpaired) electrons. The zero-order valence-electron chi connectivity index (χ0n) is 9.61. The molecule has 0 fully saturated rings. The third-order valence-electron chi connectivity index (χ3n) is 2.59. The molecule has 0 aliphatic rings. The van der Waals surface area contributed by atoms with E-state index in [0.29, 0.717) is 6.42 Å². The molecule has 0 spiro atoms. The van der Waals surface area contributed by atoms with E-state index in [1.165, 1.54) is 12.1 Å². The summed E-state index contributed by atoms with van der Waals surface area (Å²) in [5, 5.41) is 9.75. The van der Waals surface area contributed by atoms with E-state index in [0.717, 1.165) is 17.5 Å². The zero-order chi connectivity index (χ0) is 11.4. The highest BCUT2D eigenvalue weighted by Crippen LogP contribution is 2.21. The number of halogens is 2. The maximum atomic E-state index is 12.9. The normalized spacial score (nSPS) is 14.1. The lowest BCUT2D eigenvalue weighted by Gasteiger charge is -2.20. The van der Waals surface area contributed by atoms with Crippen LogP contribution in [0.1, 0.15) is 36.9 Å². The van der Waals surface area contributed by atoms with Gasteiger partial charge in [-0.25, -0.2) is 4.39 Å². The Morgan fingerprint density at radius 3 is 2.56 bits per heavy atom. The number of benzene rings is 1. The van der Waals surface area contributed by atoms with Crippen molar-refractivity contribution in [3.63, 3.8) is 0 Å². The first-order valence-corrected chi connectivity index (χ1v) is 5.26. The van der Waals surface area contributed by atoms with Crippen LogP contribution in [0.25, 0.3) is 0 Å². The van der Waals surface area contributed by atoms with Crippen molar-refractivity contribution in [3.8, 4) is 0 Å². The Kier molecular flexibility index (Phi) is 6.56. The van der Waals surface area contributed by atoms with Crippen LogP contribution in [0.4, 0.5) is 4.39 Å². The predicted molar refractivity (Wildman–Crippen MR) is 66.2 cm³/mol. The van der Waals surface area contributed by atoms with Crippen molar-refractivity contribution in [1.82, 2.24) is 0 Å². The first kappa shape index (κ1) is 15.4. The summed E-state index contributed by atoms with van der Waals surface area (Å²) in [5.74, 6) is -0.270. The minimum atomic E-state index is -0.556. The Hall–Kier alpha value is -0.640. The maximum Gasteiger partial charge on any atom is 0.123 e. The van der Waals surface area contributed by atoms with Crippen molar-refractivity contribution in [1.29, 1.82) is 0 Å². The van der Waals surface area contributed by atoms with Gasteiger partial charge in [-0.05, 0) is 36.6 Å². The van der Waals surface area contributed by atoms with Crippen LogP contribution < -0.4 is 5.73 Å². The quantitative estimate of drug-likeness (QED) is 0.860. The lowest BCUT2D eigenvalue weighted by molar-refractivity contribution is 0.134. The molecule has 1 rings (SSSR count). The summed E-state index contributed by atoms with van der Waals surface area (Å²) in [7, 11) is 0. The van der Waals surface area contributed by atoms with Crippen LogP contribution in [0.3, 0.4) is 0 Å². The van der Waals surface area contributed by atoms with Crippen LogP contribution in [0.2, 0.25) is 0 Å². The van der Waals surface area contributed by atoms with Gasteiger partial charge < -0.3 is 10.8 Å². The van der Waals surface area contributed by atoms with E-state index < -0.39 is 12.1 Å². The van der Waals surface area contributed by atoms with Gasteiger partial charge in [0, 0.05) is 0 Å². The van der Waals surface area contributed by atoms with E-state index >= 15 is 0 Å². The Morgan fingerprint density at radius 2 is 2.06 bits per heavy atom. The minimum Gasteiger partial charge on any atom is -0.391 e. The Balaban J connectivity index is 0.00000225. The van der Waals surface area contributed by atoms with Gasteiger partial charge in [0.15, 0.2) is 0 Å². The van der Waals surface area contributed by atoms with Crippen LogP contribution in [-0.2, 0) is 0 Å². The van der Waals surface area contributed by atoms with Gasteiger partial charge in [0.2, 0.25) is 0 Å². The molecule has 16 heavy (non-hydrogen) atoms.